The molecule has 0 radical (unpaired) electrons. The number of aromatic nitrogens is 5. The zero-order valence-corrected chi connectivity index (χ0v) is 15.6. The van der Waals surface area contributed by atoms with Crippen molar-refractivity contribution in [3.63, 3.8) is 0 Å². The zero-order chi connectivity index (χ0) is 19.5. The van der Waals surface area contributed by atoms with Crippen molar-refractivity contribution in [2.45, 2.75) is 32.1 Å². The highest BCUT2D eigenvalue weighted by molar-refractivity contribution is 6.09. The van der Waals surface area contributed by atoms with Crippen LogP contribution in [0.2, 0.25) is 0 Å². The average molecular weight is 379 g/mol. The fraction of sp³-hybridized carbons (Fsp3) is 0.368. The molecule has 9 heteroatoms. The molecule has 0 spiro atoms. The van der Waals surface area contributed by atoms with Crippen LogP contribution >= 0.6 is 0 Å². The van der Waals surface area contributed by atoms with Crippen molar-refractivity contribution in [3.8, 4) is 5.82 Å². The van der Waals surface area contributed by atoms with E-state index in [-0.39, 0.29) is 17.5 Å². The highest BCUT2D eigenvalue weighted by atomic mass is 16.2. The summed E-state index contributed by atoms with van der Waals surface area (Å²) in [6.07, 6.45) is 10.4. The molecule has 0 bridgehead atoms. The Morgan fingerprint density at radius 3 is 2.89 bits per heavy atom. The number of nitrogens with one attached hydrogen (secondary N) is 2. The van der Waals surface area contributed by atoms with Crippen LogP contribution in [0.4, 0.5) is 0 Å². The summed E-state index contributed by atoms with van der Waals surface area (Å²) in [5.41, 5.74) is 1.69. The van der Waals surface area contributed by atoms with E-state index >= 15 is 0 Å². The Morgan fingerprint density at radius 1 is 1.36 bits per heavy atom. The van der Waals surface area contributed by atoms with Crippen molar-refractivity contribution in [1.29, 1.82) is 0 Å². The topological polar surface area (TPSA) is 118 Å². The number of aromatic amines is 1. The van der Waals surface area contributed by atoms with Gasteiger partial charge in [-0.3, -0.25) is 19.3 Å². The number of rotatable bonds is 4. The second-order valence-corrected chi connectivity index (χ2v) is 6.94. The van der Waals surface area contributed by atoms with Gasteiger partial charge >= 0.3 is 0 Å². The first-order valence-corrected chi connectivity index (χ1v) is 9.28. The number of aliphatic imine (C=N–C) groups is 1. The number of H-pyrrole nitrogens is 1. The number of carbonyl (C=O) groups excluding carboxylic acids is 2. The predicted octanol–water partition coefficient (Wildman–Crippen LogP) is 2.05. The largest absolute Gasteiger partial charge is 0.359 e. The van der Waals surface area contributed by atoms with Crippen LogP contribution in [0.25, 0.3) is 16.7 Å². The van der Waals surface area contributed by atoms with E-state index in [9.17, 15) is 9.59 Å². The SMILES string of the molecule is CNC(=O)CC1CCC(=NC(=O)c2nc(-n3ccnc3)cc3cn[nH]c23)CC1. The maximum absolute atomic E-state index is 12.9. The molecular weight excluding hydrogens is 358 g/mol. The number of pyridine rings is 1. The van der Waals surface area contributed by atoms with Crippen LogP contribution in [0.1, 0.15) is 42.6 Å². The summed E-state index contributed by atoms with van der Waals surface area (Å²) < 4.78 is 1.74. The highest BCUT2D eigenvalue weighted by Crippen LogP contribution is 2.26. The molecular formula is C19H21N7O2. The molecule has 0 atom stereocenters. The normalized spacial score (nSPS) is 16.9. The van der Waals surface area contributed by atoms with Crippen LogP contribution in [-0.4, -0.2) is 49.3 Å². The Kier molecular flexibility index (Phi) is 4.96. The van der Waals surface area contributed by atoms with Gasteiger partial charge in [0.25, 0.3) is 5.91 Å². The van der Waals surface area contributed by atoms with E-state index in [2.05, 4.69) is 30.5 Å². The van der Waals surface area contributed by atoms with Gasteiger partial charge in [0.1, 0.15) is 12.1 Å². The molecule has 1 saturated carbocycles. The van der Waals surface area contributed by atoms with E-state index in [0.717, 1.165) is 36.8 Å². The Bertz CT molecular complexity index is 1030. The molecule has 0 aromatic carbocycles. The zero-order valence-electron chi connectivity index (χ0n) is 15.6. The van der Waals surface area contributed by atoms with Gasteiger partial charge in [-0.1, -0.05) is 0 Å². The van der Waals surface area contributed by atoms with Crippen LogP contribution in [0.3, 0.4) is 0 Å². The van der Waals surface area contributed by atoms with Gasteiger partial charge in [0.05, 0.1) is 11.7 Å². The first-order valence-electron chi connectivity index (χ1n) is 9.28. The van der Waals surface area contributed by atoms with Gasteiger partial charge in [0, 0.05) is 37.0 Å². The summed E-state index contributed by atoms with van der Waals surface area (Å²) in [7, 11) is 1.65. The third-order valence-electron chi connectivity index (χ3n) is 5.08. The van der Waals surface area contributed by atoms with Crippen molar-refractivity contribution in [3.05, 3.63) is 36.7 Å². The molecule has 4 rings (SSSR count). The van der Waals surface area contributed by atoms with E-state index < -0.39 is 0 Å². The third kappa shape index (κ3) is 3.68. The highest BCUT2D eigenvalue weighted by Gasteiger charge is 2.22. The van der Waals surface area contributed by atoms with Gasteiger partial charge in [-0.25, -0.2) is 15.0 Å². The standard InChI is InChI=1S/C19H21N7O2/c1-20-16(27)8-12-2-4-14(5-3-12)23-19(28)18-17-13(10-22-25-17)9-15(24-18)26-7-6-21-11-26/h6-7,9-12H,2-5,8H2,1H3,(H,20,27)(H,22,25). The van der Waals surface area contributed by atoms with Gasteiger partial charge in [-0.05, 0) is 37.7 Å². The van der Waals surface area contributed by atoms with Crippen molar-refractivity contribution in [1.82, 2.24) is 30.0 Å². The molecule has 9 nitrogen and oxygen atoms in total. The maximum Gasteiger partial charge on any atom is 0.297 e. The second kappa shape index (κ2) is 7.71. The predicted molar refractivity (Wildman–Crippen MR) is 103 cm³/mol. The first-order chi connectivity index (χ1) is 13.6. The minimum Gasteiger partial charge on any atom is -0.359 e. The molecule has 2 amide bonds. The van der Waals surface area contributed by atoms with E-state index in [1.165, 1.54) is 0 Å². The summed E-state index contributed by atoms with van der Waals surface area (Å²) in [5, 5.41) is 10.3. The number of imidazole rings is 1. The number of carbonyl (C=O) groups is 2. The minimum atomic E-state index is -0.379. The van der Waals surface area contributed by atoms with Crippen LogP contribution in [0.15, 0.2) is 36.0 Å². The quantitative estimate of drug-likeness (QED) is 0.719. The van der Waals surface area contributed by atoms with Crippen LogP contribution in [0, 0.1) is 5.92 Å². The average Bonchev–Trinajstić information content (AvgIpc) is 3.40. The molecule has 28 heavy (non-hydrogen) atoms. The number of hydrogen-bond acceptors (Lipinski definition) is 5. The van der Waals surface area contributed by atoms with E-state index in [0.29, 0.717) is 23.7 Å². The summed E-state index contributed by atoms with van der Waals surface area (Å²) in [6.45, 7) is 0. The lowest BCUT2D eigenvalue weighted by Gasteiger charge is -2.22. The summed E-state index contributed by atoms with van der Waals surface area (Å²) in [6, 6.07) is 1.84. The maximum atomic E-state index is 12.9. The van der Waals surface area contributed by atoms with Gasteiger partial charge in [-0.15, -0.1) is 0 Å². The number of hydrogen-bond donors (Lipinski definition) is 2. The van der Waals surface area contributed by atoms with Crippen molar-refractivity contribution in [2.75, 3.05) is 7.05 Å². The van der Waals surface area contributed by atoms with Crippen molar-refractivity contribution < 1.29 is 9.59 Å². The lowest BCUT2D eigenvalue weighted by molar-refractivity contribution is -0.121. The second-order valence-electron chi connectivity index (χ2n) is 6.94. The Hall–Kier alpha value is -3.36. The van der Waals surface area contributed by atoms with Crippen molar-refractivity contribution in [2.24, 2.45) is 10.9 Å². The monoisotopic (exact) mass is 379 g/mol. The van der Waals surface area contributed by atoms with Gasteiger partial charge in [0.15, 0.2) is 5.69 Å². The summed E-state index contributed by atoms with van der Waals surface area (Å²) in [5.74, 6) is 0.611. The van der Waals surface area contributed by atoms with Crippen molar-refractivity contribution >= 4 is 28.4 Å². The van der Waals surface area contributed by atoms with E-state index in [1.54, 1.807) is 36.5 Å². The Balaban J connectivity index is 1.55. The van der Waals surface area contributed by atoms with Gasteiger partial charge < -0.3 is 5.32 Å². The number of amides is 2. The lowest BCUT2D eigenvalue weighted by Crippen LogP contribution is -2.24. The molecule has 2 N–H and O–H groups in total. The molecule has 3 aromatic rings. The molecule has 0 saturated heterocycles. The molecule has 1 fully saturated rings. The molecule has 0 unspecified atom stereocenters. The van der Waals surface area contributed by atoms with Crippen LogP contribution < -0.4 is 5.32 Å². The third-order valence-corrected chi connectivity index (χ3v) is 5.08. The first kappa shape index (κ1) is 18.0. The fourth-order valence-electron chi connectivity index (χ4n) is 3.51. The van der Waals surface area contributed by atoms with Gasteiger partial charge in [-0.2, -0.15) is 5.10 Å². The Labute approximate surface area is 161 Å². The van der Waals surface area contributed by atoms with Gasteiger partial charge in [0.2, 0.25) is 5.91 Å². The number of nitrogens with zero attached hydrogens (tertiary/aromatic N) is 5. The minimum absolute atomic E-state index is 0.0589. The molecule has 0 aliphatic heterocycles. The van der Waals surface area contributed by atoms with E-state index in [1.807, 2.05) is 6.07 Å². The molecule has 3 heterocycles. The Morgan fingerprint density at radius 2 is 2.18 bits per heavy atom. The fourth-order valence-corrected chi connectivity index (χ4v) is 3.51. The molecule has 144 valence electrons. The molecule has 3 aromatic heterocycles. The number of fused-ring (bicyclic) bond motifs is 1. The smallest absolute Gasteiger partial charge is 0.297 e. The van der Waals surface area contributed by atoms with Crippen LogP contribution in [-0.2, 0) is 4.79 Å². The lowest BCUT2D eigenvalue weighted by atomic mass is 9.85. The molecule has 1 aliphatic rings. The molecule has 1 aliphatic carbocycles. The summed E-state index contributed by atoms with van der Waals surface area (Å²) >= 11 is 0. The van der Waals surface area contributed by atoms with E-state index in [4.69, 9.17) is 0 Å². The summed E-state index contributed by atoms with van der Waals surface area (Å²) in [4.78, 5) is 37.2. The van der Waals surface area contributed by atoms with Crippen LogP contribution in [0.5, 0.6) is 0 Å².